The van der Waals surface area contributed by atoms with Gasteiger partial charge in [0, 0.05) is 9.75 Å². The van der Waals surface area contributed by atoms with E-state index >= 15 is 0 Å². The van der Waals surface area contributed by atoms with E-state index in [0.29, 0.717) is 11.5 Å². The van der Waals surface area contributed by atoms with Gasteiger partial charge in [-0.25, -0.2) is 5.43 Å². The third kappa shape index (κ3) is 4.33. The number of ether oxygens (including phenoxy) is 2. The van der Waals surface area contributed by atoms with Crippen LogP contribution in [0.1, 0.15) is 15.3 Å². The lowest BCUT2D eigenvalue weighted by molar-refractivity contribution is -0.120. The average Bonchev–Trinajstić information content (AvgIpc) is 2.92. The fourth-order valence-electron chi connectivity index (χ4n) is 1.91. The molecule has 0 aliphatic heterocycles. The molecule has 0 aliphatic carbocycles. The number of benzene rings is 1. The molecule has 0 atom stereocenters. The Morgan fingerprint density at radius 2 is 2.00 bits per heavy atom. The van der Waals surface area contributed by atoms with Gasteiger partial charge >= 0.3 is 0 Å². The summed E-state index contributed by atoms with van der Waals surface area (Å²) < 4.78 is 10.4. The fourth-order valence-corrected chi connectivity index (χ4v) is 2.66. The Labute approximate surface area is 133 Å². The third-order valence-corrected chi connectivity index (χ3v) is 3.89. The molecule has 0 unspecified atom stereocenters. The first-order valence-electron chi connectivity index (χ1n) is 6.71. The van der Waals surface area contributed by atoms with Crippen molar-refractivity contribution < 1.29 is 14.3 Å². The number of amides is 1. The number of aryl methyl sites for hydroxylation is 1. The standard InChI is InChI=1S/C16H18N2O3S/c1-11-4-6-13(22-11)10-17-18-16(19)9-12-5-7-14(20-2)15(8-12)21-3/h4-8,10H,9H2,1-3H3,(H,18,19)/b17-10-. The molecule has 2 aromatic rings. The van der Waals surface area contributed by atoms with Crippen LogP contribution < -0.4 is 14.9 Å². The minimum absolute atomic E-state index is 0.184. The molecular weight excluding hydrogens is 300 g/mol. The zero-order valence-corrected chi connectivity index (χ0v) is 13.6. The Balaban J connectivity index is 1.93. The molecule has 0 fully saturated rings. The minimum Gasteiger partial charge on any atom is -0.493 e. The highest BCUT2D eigenvalue weighted by Crippen LogP contribution is 2.27. The van der Waals surface area contributed by atoms with Gasteiger partial charge < -0.3 is 9.47 Å². The van der Waals surface area contributed by atoms with E-state index < -0.39 is 0 Å². The molecule has 0 saturated carbocycles. The molecule has 1 aromatic carbocycles. The molecule has 5 nitrogen and oxygen atoms in total. The monoisotopic (exact) mass is 318 g/mol. The number of carbonyl (C=O) groups is 1. The summed E-state index contributed by atoms with van der Waals surface area (Å²) in [6, 6.07) is 9.36. The Bertz CT molecular complexity index is 680. The minimum atomic E-state index is -0.184. The molecule has 1 heterocycles. The molecule has 0 saturated heterocycles. The van der Waals surface area contributed by atoms with Crippen molar-refractivity contribution in [3.8, 4) is 11.5 Å². The van der Waals surface area contributed by atoms with Crippen LogP contribution in [-0.2, 0) is 11.2 Å². The van der Waals surface area contributed by atoms with E-state index in [9.17, 15) is 4.79 Å². The number of carbonyl (C=O) groups excluding carboxylic acids is 1. The molecule has 0 radical (unpaired) electrons. The Morgan fingerprint density at radius 1 is 1.23 bits per heavy atom. The van der Waals surface area contributed by atoms with Crippen LogP contribution >= 0.6 is 11.3 Å². The molecule has 116 valence electrons. The summed E-state index contributed by atoms with van der Waals surface area (Å²) in [5.74, 6) is 1.06. The summed E-state index contributed by atoms with van der Waals surface area (Å²) in [7, 11) is 3.14. The van der Waals surface area contributed by atoms with Crippen molar-refractivity contribution in [2.45, 2.75) is 13.3 Å². The lowest BCUT2D eigenvalue weighted by atomic mass is 10.1. The maximum absolute atomic E-state index is 11.9. The van der Waals surface area contributed by atoms with Crippen LogP contribution in [0.15, 0.2) is 35.4 Å². The van der Waals surface area contributed by atoms with Gasteiger partial charge in [0.2, 0.25) is 5.91 Å². The highest BCUT2D eigenvalue weighted by Gasteiger charge is 2.07. The van der Waals surface area contributed by atoms with Crippen LogP contribution in [0.5, 0.6) is 11.5 Å². The summed E-state index contributed by atoms with van der Waals surface area (Å²) in [6.45, 7) is 2.03. The number of methoxy groups -OCH3 is 2. The van der Waals surface area contributed by atoms with E-state index in [1.807, 2.05) is 25.1 Å². The van der Waals surface area contributed by atoms with Crippen molar-refractivity contribution in [3.05, 3.63) is 45.6 Å². The van der Waals surface area contributed by atoms with Crippen molar-refractivity contribution in [1.29, 1.82) is 0 Å². The van der Waals surface area contributed by atoms with Gasteiger partial charge in [0.25, 0.3) is 0 Å². The SMILES string of the molecule is COc1ccc(CC(=O)N/N=C\c2ccc(C)s2)cc1OC. The zero-order valence-electron chi connectivity index (χ0n) is 12.8. The van der Waals surface area contributed by atoms with Gasteiger partial charge in [0.05, 0.1) is 26.9 Å². The topological polar surface area (TPSA) is 59.9 Å². The average molecular weight is 318 g/mol. The number of hydrogen-bond acceptors (Lipinski definition) is 5. The van der Waals surface area contributed by atoms with E-state index in [0.717, 1.165) is 10.4 Å². The third-order valence-electron chi connectivity index (χ3n) is 2.95. The Hall–Kier alpha value is -2.34. The number of hydrogen-bond donors (Lipinski definition) is 1. The number of nitrogens with zero attached hydrogens (tertiary/aromatic N) is 1. The Morgan fingerprint density at radius 3 is 2.64 bits per heavy atom. The van der Waals surface area contributed by atoms with E-state index in [1.165, 1.54) is 4.88 Å². The fraction of sp³-hybridized carbons (Fsp3) is 0.250. The van der Waals surface area contributed by atoms with E-state index in [1.54, 1.807) is 43.9 Å². The van der Waals surface area contributed by atoms with Crippen molar-refractivity contribution in [2.24, 2.45) is 5.10 Å². The first-order valence-corrected chi connectivity index (χ1v) is 7.53. The molecule has 0 spiro atoms. The summed E-state index contributed by atoms with van der Waals surface area (Å²) in [4.78, 5) is 14.1. The van der Waals surface area contributed by atoms with Gasteiger partial charge in [-0.15, -0.1) is 11.3 Å². The van der Waals surface area contributed by atoms with Gasteiger partial charge in [0.1, 0.15) is 0 Å². The summed E-state index contributed by atoms with van der Waals surface area (Å²) in [6.07, 6.45) is 1.87. The quantitative estimate of drug-likeness (QED) is 0.658. The summed E-state index contributed by atoms with van der Waals surface area (Å²) in [5, 5.41) is 3.96. The van der Waals surface area contributed by atoms with Gasteiger partial charge in [-0.05, 0) is 36.8 Å². The predicted molar refractivity (Wildman–Crippen MR) is 88.0 cm³/mol. The van der Waals surface area contributed by atoms with Crippen LogP contribution in [0.3, 0.4) is 0 Å². The Kier molecular flexibility index (Phi) is 5.55. The van der Waals surface area contributed by atoms with Crippen LogP contribution in [-0.4, -0.2) is 26.3 Å². The van der Waals surface area contributed by atoms with Crippen LogP contribution in [0.4, 0.5) is 0 Å². The molecule has 1 N–H and O–H groups in total. The van der Waals surface area contributed by atoms with Crippen molar-refractivity contribution >= 4 is 23.5 Å². The maximum Gasteiger partial charge on any atom is 0.244 e. The second-order valence-electron chi connectivity index (χ2n) is 4.61. The lowest BCUT2D eigenvalue weighted by Gasteiger charge is -2.09. The van der Waals surface area contributed by atoms with E-state index in [-0.39, 0.29) is 12.3 Å². The van der Waals surface area contributed by atoms with Gasteiger partial charge in [0.15, 0.2) is 11.5 Å². The summed E-state index contributed by atoms with van der Waals surface area (Å²) in [5.41, 5.74) is 3.35. The smallest absolute Gasteiger partial charge is 0.244 e. The molecule has 2 rings (SSSR count). The second kappa shape index (κ2) is 7.61. The zero-order chi connectivity index (χ0) is 15.9. The molecule has 1 amide bonds. The van der Waals surface area contributed by atoms with E-state index in [2.05, 4.69) is 10.5 Å². The van der Waals surface area contributed by atoms with Gasteiger partial charge in [-0.3, -0.25) is 4.79 Å². The number of thiophene rings is 1. The number of hydrazone groups is 1. The van der Waals surface area contributed by atoms with Gasteiger partial charge in [-0.2, -0.15) is 5.10 Å². The second-order valence-corrected chi connectivity index (χ2v) is 5.93. The number of rotatable bonds is 6. The molecular formula is C16H18N2O3S. The highest BCUT2D eigenvalue weighted by atomic mass is 32.1. The molecule has 0 bridgehead atoms. The van der Waals surface area contributed by atoms with Crippen molar-refractivity contribution in [2.75, 3.05) is 14.2 Å². The normalized spacial score (nSPS) is 10.7. The van der Waals surface area contributed by atoms with Crippen LogP contribution in [0.25, 0.3) is 0 Å². The molecule has 0 aliphatic rings. The van der Waals surface area contributed by atoms with Crippen molar-refractivity contribution in [1.82, 2.24) is 5.43 Å². The first kappa shape index (κ1) is 16.0. The van der Waals surface area contributed by atoms with Crippen LogP contribution in [0.2, 0.25) is 0 Å². The first-order chi connectivity index (χ1) is 10.6. The van der Waals surface area contributed by atoms with Crippen molar-refractivity contribution in [3.63, 3.8) is 0 Å². The molecule has 22 heavy (non-hydrogen) atoms. The largest absolute Gasteiger partial charge is 0.493 e. The van der Waals surface area contributed by atoms with Gasteiger partial charge in [-0.1, -0.05) is 6.07 Å². The van der Waals surface area contributed by atoms with Crippen LogP contribution in [0, 0.1) is 6.92 Å². The predicted octanol–water partition coefficient (Wildman–Crippen LogP) is 2.77. The summed E-state index contributed by atoms with van der Waals surface area (Å²) >= 11 is 1.62. The maximum atomic E-state index is 11.9. The highest BCUT2D eigenvalue weighted by molar-refractivity contribution is 7.13. The molecule has 6 heteroatoms. The van der Waals surface area contributed by atoms with E-state index in [4.69, 9.17) is 9.47 Å². The lowest BCUT2D eigenvalue weighted by Crippen LogP contribution is -2.19. The number of nitrogens with one attached hydrogen (secondary N) is 1. The molecule has 1 aromatic heterocycles.